The molecule has 16 heavy (non-hydrogen) atoms. The number of hydrogen-bond acceptors (Lipinski definition) is 2. The lowest BCUT2D eigenvalue weighted by molar-refractivity contribution is 0.118. The number of oxime groups is 1. The molecular weight excluding hydrogens is 222 g/mol. The van der Waals surface area contributed by atoms with Crippen LogP contribution in [0.1, 0.15) is 31.9 Å². The Morgan fingerprint density at radius 1 is 1.44 bits per heavy atom. The summed E-state index contributed by atoms with van der Waals surface area (Å²) in [6.45, 7) is 8.79. The van der Waals surface area contributed by atoms with Gasteiger partial charge in [0.25, 0.3) is 0 Å². The van der Waals surface area contributed by atoms with Crippen LogP contribution >= 0.6 is 11.6 Å². The second-order valence-electron chi connectivity index (χ2n) is 4.33. The molecule has 0 spiro atoms. The lowest BCUT2D eigenvalue weighted by atomic mass is 10.1. The van der Waals surface area contributed by atoms with E-state index in [0.29, 0.717) is 12.5 Å². The zero-order chi connectivity index (χ0) is 12.1. The molecule has 0 atom stereocenters. The van der Waals surface area contributed by atoms with Crippen LogP contribution in [0.5, 0.6) is 0 Å². The van der Waals surface area contributed by atoms with Gasteiger partial charge in [-0.3, -0.25) is 0 Å². The minimum atomic E-state index is 0.483. The minimum absolute atomic E-state index is 0.483. The summed E-state index contributed by atoms with van der Waals surface area (Å²) >= 11 is 5.95. The van der Waals surface area contributed by atoms with Gasteiger partial charge in [-0.05, 0) is 37.5 Å². The van der Waals surface area contributed by atoms with E-state index in [-0.39, 0.29) is 0 Å². The van der Waals surface area contributed by atoms with Crippen molar-refractivity contribution >= 4 is 17.3 Å². The average molecular weight is 240 g/mol. The molecule has 0 N–H and O–H groups in total. The van der Waals surface area contributed by atoms with Crippen LogP contribution in [0.15, 0.2) is 23.4 Å². The highest BCUT2D eigenvalue weighted by atomic mass is 35.5. The fourth-order valence-electron chi connectivity index (χ4n) is 1.32. The van der Waals surface area contributed by atoms with Crippen LogP contribution in [0.3, 0.4) is 0 Å². The highest BCUT2D eigenvalue weighted by Gasteiger charge is 2.03. The zero-order valence-electron chi connectivity index (χ0n) is 10.2. The van der Waals surface area contributed by atoms with Crippen LogP contribution in [-0.4, -0.2) is 12.3 Å². The molecule has 0 aliphatic heterocycles. The summed E-state index contributed by atoms with van der Waals surface area (Å²) in [6.07, 6.45) is 0. The van der Waals surface area contributed by atoms with Crippen molar-refractivity contribution in [3.63, 3.8) is 0 Å². The molecule has 0 radical (unpaired) electrons. The molecule has 1 aromatic rings. The molecule has 0 unspecified atom stereocenters. The maximum absolute atomic E-state index is 5.95. The molecular formula is C13H18ClNO. The summed E-state index contributed by atoms with van der Waals surface area (Å²) in [6, 6.07) is 5.77. The second-order valence-corrected chi connectivity index (χ2v) is 4.76. The van der Waals surface area contributed by atoms with Gasteiger partial charge in [0.1, 0.15) is 6.61 Å². The van der Waals surface area contributed by atoms with Gasteiger partial charge in [0.15, 0.2) is 0 Å². The topological polar surface area (TPSA) is 21.6 Å². The van der Waals surface area contributed by atoms with Gasteiger partial charge < -0.3 is 4.84 Å². The molecule has 2 nitrogen and oxygen atoms in total. The van der Waals surface area contributed by atoms with Crippen molar-refractivity contribution in [2.45, 2.75) is 27.7 Å². The van der Waals surface area contributed by atoms with Crippen molar-refractivity contribution in [2.75, 3.05) is 6.61 Å². The molecule has 0 saturated heterocycles. The highest BCUT2D eigenvalue weighted by Crippen LogP contribution is 2.16. The molecule has 0 fully saturated rings. The van der Waals surface area contributed by atoms with Crippen molar-refractivity contribution in [3.05, 3.63) is 34.3 Å². The van der Waals surface area contributed by atoms with E-state index in [9.17, 15) is 0 Å². The Hall–Kier alpha value is -1.02. The molecule has 1 aromatic carbocycles. The van der Waals surface area contributed by atoms with Crippen LogP contribution in [-0.2, 0) is 4.84 Å². The third kappa shape index (κ3) is 3.86. The average Bonchev–Trinajstić information content (AvgIpc) is 2.21. The Labute approximate surface area is 102 Å². The first-order valence-electron chi connectivity index (χ1n) is 5.43. The summed E-state index contributed by atoms with van der Waals surface area (Å²) in [5.41, 5.74) is 3.05. The zero-order valence-corrected chi connectivity index (χ0v) is 11.0. The molecule has 1 rings (SSSR count). The number of halogens is 1. The normalized spacial score (nSPS) is 12.0. The standard InChI is InChI=1S/C13H18ClNO/c1-9(2)8-16-15-11(4)13-7-12(14)6-5-10(13)3/h5-7,9H,8H2,1-4H3/b15-11+. The van der Waals surface area contributed by atoms with Crippen molar-refractivity contribution in [1.29, 1.82) is 0 Å². The van der Waals surface area contributed by atoms with Crippen LogP contribution < -0.4 is 0 Å². The van der Waals surface area contributed by atoms with Gasteiger partial charge in [-0.15, -0.1) is 0 Å². The SMILES string of the molecule is C/C(=N\OCC(C)C)c1cc(Cl)ccc1C. The molecule has 0 aliphatic carbocycles. The van der Waals surface area contributed by atoms with Gasteiger partial charge in [0, 0.05) is 10.6 Å². The lowest BCUT2D eigenvalue weighted by Gasteiger charge is -2.07. The van der Waals surface area contributed by atoms with Crippen LogP contribution in [0.25, 0.3) is 0 Å². The van der Waals surface area contributed by atoms with Gasteiger partial charge in [-0.25, -0.2) is 0 Å². The van der Waals surface area contributed by atoms with Crippen LogP contribution in [0.2, 0.25) is 5.02 Å². The monoisotopic (exact) mass is 239 g/mol. The van der Waals surface area contributed by atoms with E-state index in [2.05, 4.69) is 19.0 Å². The fraction of sp³-hybridized carbons (Fsp3) is 0.462. The van der Waals surface area contributed by atoms with E-state index in [4.69, 9.17) is 16.4 Å². The molecule has 0 aromatic heterocycles. The Morgan fingerprint density at radius 3 is 2.75 bits per heavy atom. The largest absolute Gasteiger partial charge is 0.395 e. The van der Waals surface area contributed by atoms with Gasteiger partial charge >= 0.3 is 0 Å². The van der Waals surface area contributed by atoms with Crippen molar-refractivity contribution < 1.29 is 4.84 Å². The smallest absolute Gasteiger partial charge is 0.119 e. The van der Waals surface area contributed by atoms with E-state index in [1.807, 2.05) is 32.0 Å². The highest BCUT2D eigenvalue weighted by molar-refractivity contribution is 6.31. The summed E-state index contributed by atoms with van der Waals surface area (Å²) in [5, 5.41) is 4.82. The first kappa shape index (κ1) is 13.0. The quantitative estimate of drug-likeness (QED) is 0.574. The maximum Gasteiger partial charge on any atom is 0.119 e. The van der Waals surface area contributed by atoms with Gasteiger partial charge in [0.2, 0.25) is 0 Å². The van der Waals surface area contributed by atoms with E-state index < -0.39 is 0 Å². The summed E-state index contributed by atoms with van der Waals surface area (Å²) in [5.74, 6) is 0.483. The van der Waals surface area contributed by atoms with E-state index in [1.54, 1.807) is 0 Å². The van der Waals surface area contributed by atoms with Crippen molar-refractivity contribution in [3.8, 4) is 0 Å². The molecule has 0 heterocycles. The van der Waals surface area contributed by atoms with Gasteiger partial charge in [-0.1, -0.05) is 36.7 Å². The molecule has 88 valence electrons. The minimum Gasteiger partial charge on any atom is -0.395 e. The summed E-state index contributed by atoms with van der Waals surface area (Å²) in [4.78, 5) is 5.25. The van der Waals surface area contributed by atoms with E-state index >= 15 is 0 Å². The Balaban J connectivity index is 2.79. The van der Waals surface area contributed by atoms with Gasteiger partial charge in [-0.2, -0.15) is 0 Å². The predicted octanol–water partition coefficient (Wildman–Crippen LogP) is 4.05. The number of hydrogen-bond donors (Lipinski definition) is 0. The summed E-state index contributed by atoms with van der Waals surface area (Å²) in [7, 11) is 0. The molecule has 3 heteroatoms. The van der Waals surface area contributed by atoms with Gasteiger partial charge in [0.05, 0.1) is 5.71 Å². The Morgan fingerprint density at radius 2 is 2.12 bits per heavy atom. The number of aryl methyl sites for hydroxylation is 1. The number of nitrogens with zero attached hydrogens (tertiary/aromatic N) is 1. The first-order chi connectivity index (χ1) is 7.50. The van der Waals surface area contributed by atoms with Crippen LogP contribution in [0, 0.1) is 12.8 Å². The molecule has 0 bridgehead atoms. The van der Waals surface area contributed by atoms with Crippen molar-refractivity contribution in [1.82, 2.24) is 0 Å². The Bertz CT molecular complexity index is 386. The molecule has 0 aliphatic rings. The van der Waals surface area contributed by atoms with E-state index in [1.165, 1.54) is 0 Å². The third-order valence-electron chi connectivity index (χ3n) is 2.20. The first-order valence-corrected chi connectivity index (χ1v) is 5.81. The molecule has 0 saturated carbocycles. The lowest BCUT2D eigenvalue weighted by Crippen LogP contribution is -2.02. The van der Waals surface area contributed by atoms with Crippen LogP contribution in [0.4, 0.5) is 0 Å². The van der Waals surface area contributed by atoms with E-state index in [0.717, 1.165) is 21.9 Å². The third-order valence-corrected chi connectivity index (χ3v) is 2.43. The van der Waals surface area contributed by atoms with Crippen molar-refractivity contribution in [2.24, 2.45) is 11.1 Å². The Kier molecular flexibility index (Phi) is 4.81. The maximum atomic E-state index is 5.95. The fourth-order valence-corrected chi connectivity index (χ4v) is 1.49. The second kappa shape index (κ2) is 5.90. The molecule has 0 amide bonds. The number of rotatable bonds is 4. The number of benzene rings is 1. The predicted molar refractivity (Wildman–Crippen MR) is 69.2 cm³/mol. The summed E-state index contributed by atoms with van der Waals surface area (Å²) < 4.78 is 0.